The van der Waals surface area contributed by atoms with Crippen molar-refractivity contribution in [2.75, 3.05) is 13.7 Å². The molecule has 4 aromatic rings. The van der Waals surface area contributed by atoms with Gasteiger partial charge in [-0.15, -0.1) is 11.3 Å². The largest absolute Gasteiger partial charge is 0.372 e. The Hall–Kier alpha value is -2.88. The minimum Gasteiger partial charge on any atom is -0.372 e. The number of methoxy groups -OCH3 is 1. The smallest absolute Gasteiger partial charge is 0.276 e. The molecule has 3 heterocycles. The SMILES string of the molecule is COCC#Cc1ccc2[nH]c(-c3nc4cscc4[nH]c3=O)cc2c1. The van der Waals surface area contributed by atoms with Gasteiger partial charge in [0.15, 0.2) is 5.69 Å². The van der Waals surface area contributed by atoms with Crippen LogP contribution in [0.1, 0.15) is 5.56 Å². The van der Waals surface area contributed by atoms with Gasteiger partial charge in [0.05, 0.1) is 16.7 Å². The summed E-state index contributed by atoms with van der Waals surface area (Å²) >= 11 is 1.51. The molecule has 0 saturated carbocycles. The van der Waals surface area contributed by atoms with Crippen molar-refractivity contribution < 1.29 is 4.74 Å². The third-order valence-electron chi connectivity index (χ3n) is 3.66. The minimum atomic E-state index is -0.201. The fourth-order valence-corrected chi connectivity index (χ4v) is 3.25. The molecule has 24 heavy (non-hydrogen) atoms. The van der Waals surface area contributed by atoms with Gasteiger partial charge in [0.25, 0.3) is 5.56 Å². The van der Waals surface area contributed by atoms with E-state index in [-0.39, 0.29) is 5.56 Å². The van der Waals surface area contributed by atoms with Gasteiger partial charge >= 0.3 is 0 Å². The maximum absolute atomic E-state index is 12.3. The van der Waals surface area contributed by atoms with Crippen LogP contribution in [0.15, 0.2) is 39.8 Å². The van der Waals surface area contributed by atoms with Crippen molar-refractivity contribution in [1.82, 2.24) is 15.0 Å². The van der Waals surface area contributed by atoms with E-state index in [1.807, 2.05) is 35.0 Å². The van der Waals surface area contributed by atoms with E-state index >= 15 is 0 Å². The van der Waals surface area contributed by atoms with Crippen molar-refractivity contribution in [3.63, 3.8) is 0 Å². The molecule has 0 saturated heterocycles. The highest BCUT2D eigenvalue weighted by atomic mass is 32.1. The topological polar surface area (TPSA) is 70.8 Å². The second-order valence-electron chi connectivity index (χ2n) is 5.31. The molecule has 0 aliphatic rings. The second-order valence-corrected chi connectivity index (χ2v) is 6.05. The number of nitrogens with one attached hydrogen (secondary N) is 2. The van der Waals surface area contributed by atoms with Crippen LogP contribution in [0, 0.1) is 11.8 Å². The summed E-state index contributed by atoms with van der Waals surface area (Å²) in [6.07, 6.45) is 0. The first-order valence-corrected chi connectivity index (χ1v) is 8.26. The molecule has 0 spiro atoms. The van der Waals surface area contributed by atoms with Gasteiger partial charge < -0.3 is 14.7 Å². The van der Waals surface area contributed by atoms with Crippen LogP contribution in [0.5, 0.6) is 0 Å². The number of thiophene rings is 1. The summed E-state index contributed by atoms with van der Waals surface area (Å²) in [5.41, 5.74) is 4.28. The molecule has 0 radical (unpaired) electrons. The normalized spacial score (nSPS) is 10.9. The predicted molar refractivity (Wildman–Crippen MR) is 96.3 cm³/mol. The minimum absolute atomic E-state index is 0.201. The number of nitrogens with zero attached hydrogens (tertiary/aromatic N) is 1. The van der Waals surface area contributed by atoms with Gasteiger partial charge in [0, 0.05) is 34.3 Å². The third kappa shape index (κ3) is 2.60. The van der Waals surface area contributed by atoms with Gasteiger partial charge in [0.2, 0.25) is 0 Å². The predicted octanol–water partition coefficient (Wildman–Crippen LogP) is 3.13. The fraction of sp³-hybridized carbons (Fsp3) is 0.111. The van der Waals surface area contributed by atoms with Crippen LogP contribution in [0.3, 0.4) is 0 Å². The highest BCUT2D eigenvalue weighted by Gasteiger charge is 2.11. The summed E-state index contributed by atoms with van der Waals surface area (Å²) in [4.78, 5) is 22.9. The van der Waals surface area contributed by atoms with Crippen molar-refractivity contribution in [2.45, 2.75) is 0 Å². The highest BCUT2D eigenvalue weighted by molar-refractivity contribution is 7.09. The van der Waals surface area contributed by atoms with Crippen LogP contribution in [-0.2, 0) is 4.74 Å². The first kappa shape index (κ1) is 14.7. The van der Waals surface area contributed by atoms with Crippen LogP contribution < -0.4 is 5.56 Å². The summed E-state index contributed by atoms with van der Waals surface area (Å²) in [6, 6.07) is 7.79. The van der Waals surface area contributed by atoms with E-state index in [0.717, 1.165) is 27.5 Å². The lowest BCUT2D eigenvalue weighted by molar-refractivity contribution is 0.240. The van der Waals surface area contributed by atoms with E-state index in [1.54, 1.807) is 7.11 Å². The van der Waals surface area contributed by atoms with Gasteiger partial charge in [0.1, 0.15) is 6.61 Å². The Labute approximate surface area is 141 Å². The molecule has 118 valence electrons. The number of aromatic nitrogens is 3. The Morgan fingerprint density at radius 3 is 3.00 bits per heavy atom. The van der Waals surface area contributed by atoms with E-state index < -0.39 is 0 Å². The molecule has 0 fully saturated rings. The summed E-state index contributed by atoms with van der Waals surface area (Å²) in [5, 5.41) is 4.78. The zero-order valence-corrected chi connectivity index (χ0v) is 13.7. The Bertz CT molecular complexity index is 1160. The first-order chi connectivity index (χ1) is 11.7. The van der Waals surface area contributed by atoms with Gasteiger partial charge in [-0.25, -0.2) is 4.98 Å². The molecule has 3 aromatic heterocycles. The third-order valence-corrected chi connectivity index (χ3v) is 4.39. The number of aromatic amines is 2. The molecule has 5 nitrogen and oxygen atoms in total. The number of hydrogen-bond acceptors (Lipinski definition) is 4. The average Bonchev–Trinajstić information content (AvgIpc) is 3.19. The molecule has 2 N–H and O–H groups in total. The van der Waals surface area contributed by atoms with Crippen molar-refractivity contribution in [2.24, 2.45) is 0 Å². The number of hydrogen-bond donors (Lipinski definition) is 2. The molecule has 4 rings (SSSR count). The summed E-state index contributed by atoms with van der Waals surface area (Å²) in [5.74, 6) is 5.98. The monoisotopic (exact) mass is 335 g/mol. The zero-order valence-electron chi connectivity index (χ0n) is 12.8. The average molecular weight is 335 g/mol. The van der Waals surface area contributed by atoms with Crippen LogP contribution in [0.2, 0.25) is 0 Å². The van der Waals surface area contributed by atoms with E-state index in [9.17, 15) is 4.79 Å². The maximum atomic E-state index is 12.3. The molecule has 0 aliphatic carbocycles. The number of ether oxygens (including phenoxy) is 1. The Balaban J connectivity index is 1.80. The van der Waals surface area contributed by atoms with Crippen LogP contribution in [0.4, 0.5) is 0 Å². The standard InChI is InChI=1S/C18H13N3O2S/c1-23-6-2-3-11-4-5-13-12(7-11)8-14(19-13)17-18(22)21-16-10-24-9-15(16)20-17/h4-5,7-10,19H,6H2,1H3,(H,21,22). The summed E-state index contributed by atoms with van der Waals surface area (Å²) < 4.78 is 4.93. The molecule has 0 amide bonds. The molecule has 0 bridgehead atoms. The number of rotatable bonds is 2. The number of benzene rings is 1. The van der Waals surface area contributed by atoms with Crippen molar-refractivity contribution in [3.8, 4) is 23.2 Å². The molecule has 0 atom stereocenters. The number of H-pyrrole nitrogens is 2. The molecule has 6 heteroatoms. The summed E-state index contributed by atoms with van der Waals surface area (Å²) in [7, 11) is 1.62. The Kier molecular flexibility index (Phi) is 3.65. The Morgan fingerprint density at radius 2 is 2.12 bits per heavy atom. The van der Waals surface area contributed by atoms with Gasteiger partial charge in [-0.1, -0.05) is 11.8 Å². The Morgan fingerprint density at radius 1 is 1.21 bits per heavy atom. The lowest BCUT2D eigenvalue weighted by atomic mass is 10.1. The van der Waals surface area contributed by atoms with Gasteiger partial charge in [-0.2, -0.15) is 0 Å². The zero-order chi connectivity index (χ0) is 16.5. The molecular weight excluding hydrogens is 322 g/mol. The van der Waals surface area contributed by atoms with Crippen LogP contribution in [-0.4, -0.2) is 28.7 Å². The van der Waals surface area contributed by atoms with Crippen molar-refractivity contribution >= 4 is 33.3 Å². The lowest BCUT2D eigenvalue weighted by Gasteiger charge is -1.96. The van der Waals surface area contributed by atoms with Crippen molar-refractivity contribution in [1.29, 1.82) is 0 Å². The molecular formula is C18H13N3O2S. The second kappa shape index (κ2) is 5.96. The molecule has 1 aromatic carbocycles. The maximum Gasteiger partial charge on any atom is 0.276 e. The fourth-order valence-electron chi connectivity index (χ4n) is 2.55. The summed E-state index contributed by atoms with van der Waals surface area (Å²) in [6.45, 7) is 0.399. The number of fused-ring (bicyclic) bond motifs is 2. The van der Waals surface area contributed by atoms with Crippen LogP contribution in [0.25, 0.3) is 33.3 Å². The van der Waals surface area contributed by atoms with E-state index in [2.05, 4.69) is 26.8 Å². The van der Waals surface area contributed by atoms with E-state index in [1.165, 1.54) is 11.3 Å². The molecule has 0 aliphatic heterocycles. The van der Waals surface area contributed by atoms with Crippen LogP contribution >= 0.6 is 11.3 Å². The van der Waals surface area contributed by atoms with E-state index in [4.69, 9.17) is 4.74 Å². The molecule has 0 unspecified atom stereocenters. The first-order valence-electron chi connectivity index (χ1n) is 7.32. The van der Waals surface area contributed by atoms with Gasteiger partial charge in [-0.3, -0.25) is 4.79 Å². The quantitative estimate of drug-likeness (QED) is 0.553. The van der Waals surface area contributed by atoms with Gasteiger partial charge in [-0.05, 0) is 24.3 Å². The van der Waals surface area contributed by atoms with Crippen molar-refractivity contribution in [3.05, 3.63) is 50.9 Å². The van der Waals surface area contributed by atoms with E-state index in [0.29, 0.717) is 18.0 Å². The highest BCUT2D eigenvalue weighted by Crippen LogP contribution is 2.23. The lowest BCUT2D eigenvalue weighted by Crippen LogP contribution is -2.10.